The van der Waals surface area contributed by atoms with E-state index >= 15 is 0 Å². The molecular formula is C12H22N4O3S. The zero-order valence-corrected chi connectivity index (χ0v) is 13.0. The van der Waals surface area contributed by atoms with Crippen LogP contribution in [-0.2, 0) is 21.3 Å². The van der Waals surface area contributed by atoms with Gasteiger partial charge in [-0.05, 0) is 19.9 Å². The van der Waals surface area contributed by atoms with E-state index in [9.17, 15) is 8.42 Å². The molecule has 2 rings (SSSR count). The minimum Gasteiger partial charge on any atom is -0.380 e. The molecule has 1 fully saturated rings. The number of ether oxygens (including phenoxy) is 1. The maximum atomic E-state index is 12.7. The molecule has 1 saturated heterocycles. The summed E-state index contributed by atoms with van der Waals surface area (Å²) >= 11 is 0. The zero-order valence-electron chi connectivity index (χ0n) is 12.1. The maximum absolute atomic E-state index is 12.7. The molecule has 0 aromatic carbocycles. The molecule has 0 amide bonds. The Bertz CT molecular complexity index is 555. The summed E-state index contributed by atoms with van der Waals surface area (Å²) in [4.78, 5) is 0.301. The molecule has 1 unspecified atom stereocenters. The Labute approximate surface area is 119 Å². The summed E-state index contributed by atoms with van der Waals surface area (Å²) in [6.45, 7) is 5.81. The molecular weight excluding hydrogens is 280 g/mol. The van der Waals surface area contributed by atoms with Gasteiger partial charge in [0.15, 0.2) is 0 Å². The highest BCUT2D eigenvalue weighted by Crippen LogP contribution is 2.26. The van der Waals surface area contributed by atoms with E-state index in [0.717, 1.165) is 13.0 Å². The number of sulfonamides is 1. The summed E-state index contributed by atoms with van der Waals surface area (Å²) < 4.78 is 32.2. The molecule has 2 heterocycles. The number of rotatable bonds is 6. The maximum Gasteiger partial charge on any atom is 0.246 e. The van der Waals surface area contributed by atoms with Crippen molar-refractivity contribution in [2.45, 2.75) is 37.8 Å². The van der Waals surface area contributed by atoms with Gasteiger partial charge in [0.25, 0.3) is 0 Å². The standard InChI is InChI=1S/C12H22N4O3S/c1-4-13-7-11-12(9(2)14-15-11)20(17,18)16-6-5-10(8-16)19-3/h10,13H,4-8H2,1-3H3,(H,14,15). The Hall–Kier alpha value is -0.960. The molecule has 1 aromatic heterocycles. The Morgan fingerprint density at radius 2 is 2.30 bits per heavy atom. The molecule has 0 saturated carbocycles. The van der Waals surface area contributed by atoms with Crippen LogP contribution in [0.5, 0.6) is 0 Å². The van der Waals surface area contributed by atoms with Crippen LogP contribution in [0.4, 0.5) is 0 Å². The van der Waals surface area contributed by atoms with Gasteiger partial charge in [0.05, 0.1) is 17.5 Å². The van der Waals surface area contributed by atoms with Crippen molar-refractivity contribution in [3.8, 4) is 0 Å². The lowest BCUT2D eigenvalue weighted by molar-refractivity contribution is 0.115. The molecule has 2 N–H and O–H groups in total. The van der Waals surface area contributed by atoms with Gasteiger partial charge in [-0.3, -0.25) is 5.10 Å². The Kier molecular flexibility index (Phi) is 4.79. The van der Waals surface area contributed by atoms with Crippen LogP contribution in [0, 0.1) is 6.92 Å². The van der Waals surface area contributed by atoms with Crippen molar-refractivity contribution in [3.63, 3.8) is 0 Å². The molecule has 114 valence electrons. The second kappa shape index (κ2) is 6.21. The van der Waals surface area contributed by atoms with Crippen LogP contribution < -0.4 is 5.32 Å². The van der Waals surface area contributed by atoms with Crippen molar-refractivity contribution in [2.75, 3.05) is 26.7 Å². The molecule has 0 aliphatic carbocycles. The first kappa shape index (κ1) is 15.4. The number of nitrogens with one attached hydrogen (secondary N) is 2. The molecule has 0 radical (unpaired) electrons. The third-order valence-electron chi connectivity index (χ3n) is 3.54. The monoisotopic (exact) mass is 302 g/mol. The fourth-order valence-corrected chi connectivity index (χ4v) is 4.23. The summed E-state index contributed by atoms with van der Waals surface area (Å²) in [5.74, 6) is 0. The van der Waals surface area contributed by atoms with Crippen LogP contribution >= 0.6 is 0 Å². The number of methoxy groups -OCH3 is 1. The third-order valence-corrected chi connectivity index (χ3v) is 5.61. The summed E-state index contributed by atoms with van der Waals surface area (Å²) in [6, 6.07) is 0. The number of hydrogen-bond acceptors (Lipinski definition) is 5. The minimum atomic E-state index is -3.51. The van der Waals surface area contributed by atoms with Crippen LogP contribution in [0.1, 0.15) is 24.7 Å². The lowest BCUT2D eigenvalue weighted by Crippen LogP contribution is -2.31. The first-order valence-electron chi connectivity index (χ1n) is 6.78. The third kappa shape index (κ3) is 2.88. The lowest BCUT2D eigenvalue weighted by Gasteiger charge is -2.17. The largest absolute Gasteiger partial charge is 0.380 e. The van der Waals surface area contributed by atoms with E-state index in [1.54, 1.807) is 14.0 Å². The van der Waals surface area contributed by atoms with Crippen molar-refractivity contribution in [1.82, 2.24) is 19.8 Å². The fraction of sp³-hybridized carbons (Fsp3) is 0.750. The smallest absolute Gasteiger partial charge is 0.246 e. The van der Waals surface area contributed by atoms with Crippen LogP contribution in [0.3, 0.4) is 0 Å². The average molecular weight is 302 g/mol. The number of hydrogen-bond donors (Lipinski definition) is 2. The fourth-order valence-electron chi connectivity index (χ4n) is 2.41. The normalized spacial score (nSPS) is 20.6. The molecule has 1 aliphatic heterocycles. The highest BCUT2D eigenvalue weighted by atomic mass is 32.2. The van der Waals surface area contributed by atoms with Crippen LogP contribution in [0.2, 0.25) is 0 Å². The van der Waals surface area contributed by atoms with E-state index in [4.69, 9.17) is 4.74 Å². The predicted molar refractivity (Wildman–Crippen MR) is 74.9 cm³/mol. The topological polar surface area (TPSA) is 87.3 Å². The van der Waals surface area contributed by atoms with Crippen molar-refractivity contribution >= 4 is 10.0 Å². The lowest BCUT2D eigenvalue weighted by atomic mass is 10.3. The summed E-state index contributed by atoms with van der Waals surface area (Å²) in [5, 5.41) is 9.99. The molecule has 0 spiro atoms. The van der Waals surface area contributed by atoms with Gasteiger partial charge in [0, 0.05) is 26.7 Å². The highest BCUT2D eigenvalue weighted by molar-refractivity contribution is 7.89. The average Bonchev–Trinajstić information content (AvgIpc) is 3.03. The number of H-pyrrole nitrogens is 1. The summed E-state index contributed by atoms with van der Waals surface area (Å²) in [6.07, 6.45) is 0.712. The Morgan fingerprint density at radius 1 is 1.55 bits per heavy atom. The first-order chi connectivity index (χ1) is 9.50. The van der Waals surface area contributed by atoms with E-state index in [0.29, 0.717) is 35.9 Å². The number of aryl methyl sites for hydroxylation is 1. The van der Waals surface area contributed by atoms with Crippen LogP contribution in [0.25, 0.3) is 0 Å². The first-order valence-corrected chi connectivity index (χ1v) is 8.22. The Balaban J connectivity index is 2.27. The minimum absolute atomic E-state index is 0.0193. The van der Waals surface area contributed by atoms with Crippen LogP contribution in [-0.4, -0.2) is 55.8 Å². The number of nitrogens with zero attached hydrogens (tertiary/aromatic N) is 2. The second-order valence-electron chi connectivity index (χ2n) is 4.91. The van der Waals surface area contributed by atoms with E-state index < -0.39 is 10.0 Å². The van der Waals surface area contributed by atoms with Crippen molar-refractivity contribution in [2.24, 2.45) is 0 Å². The van der Waals surface area contributed by atoms with Gasteiger partial charge in [-0.2, -0.15) is 9.40 Å². The quantitative estimate of drug-likeness (QED) is 0.786. The molecule has 1 atom stereocenters. The number of aromatic amines is 1. The highest BCUT2D eigenvalue weighted by Gasteiger charge is 2.35. The van der Waals surface area contributed by atoms with Crippen LogP contribution in [0.15, 0.2) is 4.90 Å². The van der Waals surface area contributed by atoms with Gasteiger partial charge in [-0.25, -0.2) is 8.42 Å². The molecule has 1 aliphatic rings. The van der Waals surface area contributed by atoms with E-state index in [1.165, 1.54) is 4.31 Å². The van der Waals surface area contributed by atoms with Crippen molar-refractivity contribution < 1.29 is 13.2 Å². The summed E-state index contributed by atoms with van der Waals surface area (Å²) in [5.41, 5.74) is 1.13. The predicted octanol–water partition coefficient (Wildman–Crippen LogP) is 0.237. The molecule has 20 heavy (non-hydrogen) atoms. The van der Waals surface area contributed by atoms with Gasteiger partial charge in [-0.1, -0.05) is 6.92 Å². The molecule has 8 heteroatoms. The van der Waals surface area contributed by atoms with Gasteiger partial charge >= 0.3 is 0 Å². The van der Waals surface area contributed by atoms with E-state index in [1.807, 2.05) is 6.92 Å². The summed E-state index contributed by atoms with van der Waals surface area (Å²) in [7, 11) is -1.90. The van der Waals surface area contributed by atoms with E-state index in [-0.39, 0.29) is 6.10 Å². The van der Waals surface area contributed by atoms with Gasteiger partial charge in [0.1, 0.15) is 4.90 Å². The van der Waals surface area contributed by atoms with Crippen molar-refractivity contribution in [1.29, 1.82) is 0 Å². The second-order valence-corrected chi connectivity index (χ2v) is 6.79. The Morgan fingerprint density at radius 3 is 2.90 bits per heavy atom. The van der Waals surface area contributed by atoms with Gasteiger partial charge in [0.2, 0.25) is 10.0 Å². The van der Waals surface area contributed by atoms with Gasteiger partial charge in [-0.15, -0.1) is 0 Å². The number of aromatic nitrogens is 2. The van der Waals surface area contributed by atoms with Crippen molar-refractivity contribution in [3.05, 3.63) is 11.4 Å². The molecule has 1 aromatic rings. The van der Waals surface area contributed by atoms with E-state index in [2.05, 4.69) is 15.5 Å². The van der Waals surface area contributed by atoms with Gasteiger partial charge < -0.3 is 10.1 Å². The zero-order chi connectivity index (χ0) is 14.8. The SMILES string of the molecule is CCNCc1n[nH]c(C)c1S(=O)(=O)N1CCC(OC)C1. The molecule has 7 nitrogen and oxygen atoms in total. The molecule has 0 bridgehead atoms.